The first kappa shape index (κ1) is 21.4. The minimum Gasteiger partial charge on any atom is -0.497 e. The Labute approximate surface area is 188 Å². The van der Waals surface area contributed by atoms with Gasteiger partial charge in [-0.3, -0.25) is 9.59 Å². The lowest BCUT2D eigenvalue weighted by molar-refractivity contribution is 0.0535. The zero-order chi connectivity index (χ0) is 22.5. The zero-order valence-corrected chi connectivity index (χ0v) is 18.3. The van der Waals surface area contributed by atoms with Crippen molar-refractivity contribution < 1.29 is 19.1 Å². The van der Waals surface area contributed by atoms with Crippen LogP contribution in [0.5, 0.6) is 11.5 Å². The Kier molecular flexibility index (Phi) is 6.40. The van der Waals surface area contributed by atoms with Crippen LogP contribution in [-0.2, 0) is 0 Å². The number of methoxy groups -OCH3 is 2. The smallest absolute Gasteiger partial charge is 0.254 e. The van der Waals surface area contributed by atoms with E-state index in [1.165, 1.54) is 0 Å². The van der Waals surface area contributed by atoms with E-state index in [-0.39, 0.29) is 11.8 Å². The van der Waals surface area contributed by atoms with Crippen molar-refractivity contribution in [2.24, 2.45) is 0 Å². The van der Waals surface area contributed by atoms with Crippen LogP contribution in [0.25, 0.3) is 11.1 Å². The summed E-state index contributed by atoms with van der Waals surface area (Å²) in [5.41, 5.74) is 3.18. The number of piperazine rings is 1. The molecule has 32 heavy (non-hydrogen) atoms. The third kappa shape index (κ3) is 4.59. The molecular formula is C26H26N2O4. The Balaban J connectivity index is 1.43. The van der Waals surface area contributed by atoms with Gasteiger partial charge in [0.2, 0.25) is 0 Å². The van der Waals surface area contributed by atoms with Gasteiger partial charge in [0, 0.05) is 37.3 Å². The van der Waals surface area contributed by atoms with Crippen molar-refractivity contribution >= 4 is 11.8 Å². The number of ether oxygens (including phenoxy) is 2. The van der Waals surface area contributed by atoms with Crippen LogP contribution in [0, 0.1) is 0 Å². The molecule has 1 heterocycles. The molecule has 0 bridgehead atoms. The molecule has 2 amide bonds. The number of hydrogen-bond donors (Lipinski definition) is 0. The predicted molar refractivity (Wildman–Crippen MR) is 123 cm³/mol. The minimum atomic E-state index is -0.0454. The van der Waals surface area contributed by atoms with Gasteiger partial charge in [-0.2, -0.15) is 0 Å². The Morgan fingerprint density at radius 3 is 1.62 bits per heavy atom. The van der Waals surface area contributed by atoms with Crippen molar-refractivity contribution in [3.05, 3.63) is 83.9 Å². The second-order valence-electron chi connectivity index (χ2n) is 7.63. The summed E-state index contributed by atoms with van der Waals surface area (Å²) in [5.74, 6) is 1.36. The van der Waals surface area contributed by atoms with E-state index in [2.05, 4.69) is 0 Å². The zero-order valence-electron chi connectivity index (χ0n) is 18.3. The number of rotatable bonds is 5. The van der Waals surface area contributed by atoms with Crippen LogP contribution in [0.15, 0.2) is 72.8 Å². The van der Waals surface area contributed by atoms with Gasteiger partial charge in [0.05, 0.1) is 14.2 Å². The van der Waals surface area contributed by atoms with Crippen LogP contribution >= 0.6 is 0 Å². The van der Waals surface area contributed by atoms with E-state index < -0.39 is 0 Å². The third-order valence-corrected chi connectivity index (χ3v) is 5.68. The molecule has 164 valence electrons. The molecule has 0 aliphatic carbocycles. The van der Waals surface area contributed by atoms with Gasteiger partial charge in [0.25, 0.3) is 11.8 Å². The van der Waals surface area contributed by atoms with Crippen LogP contribution < -0.4 is 9.47 Å². The number of benzene rings is 3. The van der Waals surface area contributed by atoms with Crippen molar-refractivity contribution in [3.8, 4) is 22.6 Å². The van der Waals surface area contributed by atoms with Gasteiger partial charge in [-0.15, -0.1) is 0 Å². The topological polar surface area (TPSA) is 59.1 Å². The summed E-state index contributed by atoms with van der Waals surface area (Å²) in [4.78, 5) is 29.5. The number of amides is 2. The Hall–Kier alpha value is -3.80. The molecule has 0 unspecified atom stereocenters. The molecule has 3 aromatic carbocycles. The minimum absolute atomic E-state index is 0.0248. The number of nitrogens with zero attached hydrogens (tertiary/aromatic N) is 2. The number of carbonyl (C=O) groups is 2. The Morgan fingerprint density at radius 2 is 1.06 bits per heavy atom. The van der Waals surface area contributed by atoms with E-state index in [1.54, 1.807) is 42.2 Å². The van der Waals surface area contributed by atoms with Gasteiger partial charge >= 0.3 is 0 Å². The van der Waals surface area contributed by atoms with Crippen molar-refractivity contribution in [1.29, 1.82) is 0 Å². The number of hydrogen-bond acceptors (Lipinski definition) is 4. The summed E-state index contributed by atoms with van der Waals surface area (Å²) in [6.45, 7) is 1.99. The van der Waals surface area contributed by atoms with E-state index in [9.17, 15) is 9.59 Å². The van der Waals surface area contributed by atoms with E-state index in [0.29, 0.717) is 43.1 Å². The van der Waals surface area contributed by atoms with Crippen molar-refractivity contribution in [2.45, 2.75) is 0 Å². The van der Waals surface area contributed by atoms with Crippen molar-refractivity contribution in [1.82, 2.24) is 9.80 Å². The first-order chi connectivity index (χ1) is 15.6. The molecule has 0 N–H and O–H groups in total. The predicted octanol–water partition coefficient (Wildman–Crippen LogP) is 3.97. The summed E-state index contributed by atoms with van der Waals surface area (Å²) < 4.78 is 10.5. The van der Waals surface area contributed by atoms with Gasteiger partial charge in [0.15, 0.2) is 0 Å². The average Bonchev–Trinajstić information content (AvgIpc) is 2.88. The molecule has 3 aromatic rings. The highest BCUT2D eigenvalue weighted by Gasteiger charge is 2.26. The van der Waals surface area contributed by atoms with Crippen LogP contribution in [0.2, 0.25) is 0 Å². The van der Waals surface area contributed by atoms with Gasteiger partial charge in [-0.25, -0.2) is 0 Å². The lowest BCUT2D eigenvalue weighted by Gasteiger charge is -2.35. The molecule has 6 nitrogen and oxygen atoms in total. The van der Waals surface area contributed by atoms with Crippen molar-refractivity contribution in [3.63, 3.8) is 0 Å². The molecule has 0 saturated carbocycles. The largest absolute Gasteiger partial charge is 0.497 e. The standard InChI is InChI=1S/C26H26N2O4/c1-31-23-10-4-7-20(17-23)19-6-3-8-21(16-19)25(29)27-12-14-28(15-13-27)26(30)22-9-5-11-24(18-22)32-2/h3-11,16-18H,12-15H2,1-2H3. The number of carbonyl (C=O) groups excluding carboxylic acids is 2. The van der Waals surface area contributed by atoms with Gasteiger partial charge in [-0.05, 0) is 53.6 Å². The van der Waals surface area contributed by atoms with Gasteiger partial charge < -0.3 is 19.3 Å². The molecule has 1 saturated heterocycles. The summed E-state index contributed by atoms with van der Waals surface area (Å²) in [7, 11) is 3.22. The molecule has 1 fully saturated rings. The second-order valence-corrected chi connectivity index (χ2v) is 7.63. The van der Waals surface area contributed by atoms with E-state index in [0.717, 1.165) is 16.9 Å². The van der Waals surface area contributed by atoms with E-state index >= 15 is 0 Å². The average molecular weight is 431 g/mol. The van der Waals surface area contributed by atoms with Crippen LogP contribution in [0.1, 0.15) is 20.7 Å². The summed E-state index contributed by atoms with van der Waals surface area (Å²) in [5, 5.41) is 0. The maximum atomic E-state index is 13.1. The highest BCUT2D eigenvalue weighted by Crippen LogP contribution is 2.25. The monoisotopic (exact) mass is 430 g/mol. The molecule has 0 radical (unpaired) electrons. The van der Waals surface area contributed by atoms with E-state index in [1.807, 2.05) is 54.6 Å². The quantitative estimate of drug-likeness (QED) is 0.615. The molecule has 4 rings (SSSR count). The highest BCUT2D eigenvalue weighted by atomic mass is 16.5. The first-order valence-electron chi connectivity index (χ1n) is 10.6. The van der Waals surface area contributed by atoms with Crippen molar-refractivity contribution in [2.75, 3.05) is 40.4 Å². The van der Waals surface area contributed by atoms with Crippen LogP contribution in [0.4, 0.5) is 0 Å². The Morgan fingerprint density at radius 1 is 0.625 bits per heavy atom. The molecule has 1 aliphatic heterocycles. The molecule has 0 aromatic heterocycles. The fourth-order valence-electron chi connectivity index (χ4n) is 3.87. The molecule has 6 heteroatoms. The summed E-state index contributed by atoms with van der Waals surface area (Å²) in [6, 6.07) is 22.5. The molecule has 0 atom stereocenters. The fraction of sp³-hybridized carbons (Fsp3) is 0.231. The summed E-state index contributed by atoms with van der Waals surface area (Å²) >= 11 is 0. The SMILES string of the molecule is COc1cccc(C(=O)N2CCN(C(=O)c3cccc(-c4cccc(OC)c4)c3)CC2)c1. The first-order valence-corrected chi connectivity index (χ1v) is 10.6. The van der Waals surface area contributed by atoms with Gasteiger partial charge in [-0.1, -0.05) is 30.3 Å². The lowest BCUT2D eigenvalue weighted by Crippen LogP contribution is -2.50. The molecule has 1 aliphatic rings. The summed E-state index contributed by atoms with van der Waals surface area (Å²) in [6.07, 6.45) is 0. The lowest BCUT2D eigenvalue weighted by atomic mass is 10.0. The van der Waals surface area contributed by atoms with E-state index in [4.69, 9.17) is 9.47 Å². The maximum Gasteiger partial charge on any atom is 0.254 e. The Bertz CT molecular complexity index is 1120. The fourth-order valence-corrected chi connectivity index (χ4v) is 3.87. The second kappa shape index (κ2) is 9.56. The normalized spacial score (nSPS) is 13.6. The third-order valence-electron chi connectivity index (χ3n) is 5.68. The molecule has 0 spiro atoms. The maximum absolute atomic E-state index is 13.1. The highest BCUT2D eigenvalue weighted by molar-refractivity contribution is 5.97. The van der Waals surface area contributed by atoms with Crippen LogP contribution in [-0.4, -0.2) is 62.0 Å². The van der Waals surface area contributed by atoms with Crippen LogP contribution in [0.3, 0.4) is 0 Å². The van der Waals surface area contributed by atoms with Gasteiger partial charge in [0.1, 0.15) is 11.5 Å². The molecular weight excluding hydrogens is 404 g/mol.